The average Bonchev–Trinajstić information content (AvgIpc) is 2.89. The Morgan fingerprint density at radius 1 is 0.714 bits per heavy atom. The van der Waals surface area contributed by atoms with Crippen molar-refractivity contribution in [1.82, 2.24) is 9.80 Å². The van der Waals surface area contributed by atoms with Gasteiger partial charge in [0.2, 0.25) is 0 Å². The number of aliphatic hydroxyl groups is 2. The summed E-state index contributed by atoms with van der Waals surface area (Å²) in [5, 5.41) is 22.7. The van der Waals surface area contributed by atoms with Crippen LogP contribution in [-0.4, -0.2) is 52.7 Å². The third kappa shape index (κ3) is 6.02. The standard InChI is InChI=1S/C31H40N2O2/c1-30(2,3)26-18-16-25(17-19-26)29(34)15-10-20-32-21-23-33(24-22-32)31(35,27-11-6-4-7-12-27)28-13-8-5-9-14-28/h4-9,11-14,16-19,29,34-35H,10,15,20-24H2,1-3H3/t29-/m1/s1. The molecule has 4 nitrogen and oxygen atoms in total. The highest BCUT2D eigenvalue weighted by Crippen LogP contribution is 2.34. The monoisotopic (exact) mass is 472 g/mol. The van der Waals surface area contributed by atoms with E-state index in [0.29, 0.717) is 0 Å². The van der Waals surface area contributed by atoms with Crippen LogP contribution in [0.25, 0.3) is 0 Å². The molecule has 4 heteroatoms. The second kappa shape index (κ2) is 11.0. The zero-order valence-corrected chi connectivity index (χ0v) is 21.4. The minimum Gasteiger partial charge on any atom is -0.388 e. The van der Waals surface area contributed by atoms with Crippen LogP contribution in [0.5, 0.6) is 0 Å². The molecule has 4 rings (SSSR count). The summed E-state index contributed by atoms with van der Waals surface area (Å²) in [5.74, 6) is 0. The SMILES string of the molecule is CC(C)(C)c1ccc([C@H](O)CCCN2CCN(C(O)(c3ccccc3)c3ccccc3)CC2)cc1. The van der Waals surface area contributed by atoms with Crippen molar-refractivity contribution in [2.45, 2.75) is 50.9 Å². The van der Waals surface area contributed by atoms with Crippen LogP contribution in [0.3, 0.4) is 0 Å². The largest absolute Gasteiger partial charge is 0.388 e. The van der Waals surface area contributed by atoms with E-state index < -0.39 is 11.8 Å². The summed E-state index contributed by atoms with van der Waals surface area (Å²) in [7, 11) is 0. The molecule has 0 saturated carbocycles. The molecule has 1 saturated heterocycles. The number of hydrogen-bond acceptors (Lipinski definition) is 4. The molecule has 35 heavy (non-hydrogen) atoms. The molecule has 3 aromatic carbocycles. The third-order valence-electron chi connectivity index (χ3n) is 7.30. The molecule has 3 aromatic rings. The van der Waals surface area contributed by atoms with Gasteiger partial charge in [0, 0.05) is 37.3 Å². The fourth-order valence-electron chi connectivity index (χ4n) is 5.05. The summed E-state index contributed by atoms with van der Waals surface area (Å²) in [6, 6.07) is 28.4. The van der Waals surface area contributed by atoms with E-state index in [1.54, 1.807) is 0 Å². The number of benzene rings is 3. The first-order valence-corrected chi connectivity index (χ1v) is 12.9. The van der Waals surface area contributed by atoms with Crippen molar-refractivity contribution in [2.75, 3.05) is 32.7 Å². The molecule has 0 aromatic heterocycles. The van der Waals surface area contributed by atoms with Crippen molar-refractivity contribution in [2.24, 2.45) is 0 Å². The van der Waals surface area contributed by atoms with Crippen molar-refractivity contribution >= 4 is 0 Å². The van der Waals surface area contributed by atoms with E-state index >= 15 is 0 Å². The van der Waals surface area contributed by atoms with E-state index in [9.17, 15) is 10.2 Å². The summed E-state index contributed by atoms with van der Waals surface area (Å²) < 4.78 is 0. The van der Waals surface area contributed by atoms with E-state index in [2.05, 4.69) is 54.8 Å². The summed E-state index contributed by atoms with van der Waals surface area (Å²) in [5.41, 5.74) is 3.08. The zero-order valence-electron chi connectivity index (χ0n) is 21.4. The first kappa shape index (κ1) is 25.6. The Kier molecular flexibility index (Phi) is 8.08. The van der Waals surface area contributed by atoms with Gasteiger partial charge in [0.15, 0.2) is 5.72 Å². The van der Waals surface area contributed by atoms with E-state index in [1.807, 2.05) is 60.7 Å². The van der Waals surface area contributed by atoms with Crippen LogP contribution >= 0.6 is 0 Å². The molecule has 0 aliphatic carbocycles. The minimum absolute atomic E-state index is 0.124. The molecule has 186 valence electrons. The quantitative estimate of drug-likeness (QED) is 0.467. The number of piperazine rings is 1. The molecule has 0 spiro atoms. The Bertz CT molecular complexity index is 997. The Balaban J connectivity index is 1.32. The van der Waals surface area contributed by atoms with Crippen LogP contribution in [0, 0.1) is 0 Å². The second-order valence-corrected chi connectivity index (χ2v) is 10.8. The zero-order chi connectivity index (χ0) is 24.9. The highest BCUT2D eigenvalue weighted by molar-refractivity contribution is 5.35. The van der Waals surface area contributed by atoms with Crippen LogP contribution in [0.4, 0.5) is 0 Å². The van der Waals surface area contributed by atoms with Gasteiger partial charge in [-0.3, -0.25) is 4.90 Å². The number of nitrogens with zero attached hydrogens (tertiary/aromatic N) is 2. The molecule has 0 unspecified atom stereocenters. The topological polar surface area (TPSA) is 46.9 Å². The van der Waals surface area contributed by atoms with Crippen molar-refractivity contribution in [3.63, 3.8) is 0 Å². The Labute approximate surface area is 210 Å². The lowest BCUT2D eigenvalue weighted by atomic mass is 9.86. The summed E-state index contributed by atoms with van der Waals surface area (Å²) >= 11 is 0. The summed E-state index contributed by atoms with van der Waals surface area (Å²) in [6.07, 6.45) is 1.28. The minimum atomic E-state index is -1.13. The van der Waals surface area contributed by atoms with Gasteiger partial charge in [-0.2, -0.15) is 0 Å². The Morgan fingerprint density at radius 3 is 1.71 bits per heavy atom. The van der Waals surface area contributed by atoms with Crippen molar-refractivity contribution in [1.29, 1.82) is 0 Å². The van der Waals surface area contributed by atoms with Crippen LogP contribution in [-0.2, 0) is 11.1 Å². The number of aliphatic hydroxyl groups excluding tert-OH is 1. The summed E-state index contributed by atoms with van der Waals surface area (Å²) in [6.45, 7) is 11.0. The van der Waals surface area contributed by atoms with Crippen LogP contribution in [0.1, 0.15) is 62.0 Å². The molecular weight excluding hydrogens is 432 g/mol. The van der Waals surface area contributed by atoms with Gasteiger partial charge in [0.1, 0.15) is 0 Å². The van der Waals surface area contributed by atoms with Gasteiger partial charge >= 0.3 is 0 Å². The lowest BCUT2D eigenvalue weighted by Gasteiger charge is -2.45. The van der Waals surface area contributed by atoms with Crippen LogP contribution in [0.15, 0.2) is 84.9 Å². The average molecular weight is 473 g/mol. The van der Waals surface area contributed by atoms with Gasteiger partial charge in [-0.1, -0.05) is 106 Å². The molecule has 0 radical (unpaired) electrons. The molecule has 1 aliphatic heterocycles. The highest BCUT2D eigenvalue weighted by atomic mass is 16.3. The molecule has 1 fully saturated rings. The molecular formula is C31H40N2O2. The van der Waals surface area contributed by atoms with Crippen molar-refractivity contribution < 1.29 is 10.2 Å². The van der Waals surface area contributed by atoms with Gasteiger partial charge < -0.3 is 15.1 Å². The first-order valence-electron chi connectivity index (χ1n) is 12.9. The molecule has 1 aliphatic rings. The van der Waals surface area contributed by atoms with Crippen LogP contribution in [0.2, 0.25) is 0 Å². The normalized spacial score (nSPS) is 16.8. The maximum Gasteiger partial charge on any atom is 0.171 e. The van der Waals surface area contributed by atoms with E-state index in [0.717, 1.165) is 62.3 Å². The molecule has 0 bridgehead atoms. The predicted molar refractivity (Wildman–Crippen MR) is 143 cm³/mol. The first-order chi connectivity index (χ1) is 16.8. The van der Waals surface area contributed by atoms with Gasteiger partial charge in [-0.15, -0.1) is 0 Å². The fourth-order valence-corrected chi connectivity index (χ4v) is 5.05. The molecule has 2 N–H and O–H groups in total. The third-order valence-corrected chi connectivity index (χ3v) is 7.30. The van der Waals surface area contributed by atoms with Gasteiger partial charge in [0.25, 0.3) is 0 Å². The summed E-state index contributed by atoms with van der Waals surface area (Å²) in [4.78, 5) is 4.64. The lowest BCUT2D eigenvalue weighted by molar-refractivity contribution is -0.0994. The van der Waals surface area contributed by atoms with Gasteiger partial charge in [0.05, 0.1) is 6.10 Å². The van der Waals surface area contributed by atoms with E-state index in [4.69, 9.17) is 0 Å². The van der Waals surface area contributed by atoms with Gasteiger partial charge in [-0.05, 0) is 35.9 Å². The maximum atomic E-state index is 12.0. The van der Waals surface area contributed by atoms with Gasteiger partial charge in [-0.25, -0.2) is 0 Å². The van der Waals surface area contributed by atoms with Crippen molar-refractivity contribution in [3.8, 4) is 0 Å². The van der Waals surface area contributed by atoms with E-state index in [-0.39, 0.29) is 5.41 Å². The molecule has 1 atom stereocenters. The highest BCUT2D eigenvalue weighted by Gasteiger charge is 2.39. The van der Waals surface area contributed by atoms with E-state index in [1.165, 1.54) is 5.56 Å². The smallest absolute Gasteiger partial charge is 0.171 e. The maximum absolute atomic E-state index is 12.0. The van der Waals surface area contributed by atoms with Crippen molar-refractivity contribution in [3.05, 3.63) is 107 Å². The van der Waals surface area contributed by atoms with Crippen LogP contribution < -0.4 is 0 Å². The second-order valence-electron chi connectivity index (χ2n) is 10.8. The number of hydrogen-bond donors (Lipinski definition) is 2. The molecule has 0 amide bonds. The Hall–Kier alpha value is -2.50. The predicted octanol–water partition coefficient (Wildman–Crippen LogP) is 5.31. The Morgan fingerprint density at radius 2 is 1.23 bits per heavy atom. The fraction of sp³-hybridized carbons (Fsp3) is 0.419. The number of rotatable bonds is 8. The molecule has 1 heterocycles. The lowest BCUT2D eigenvalue weighted by Crippen LogP contribution is -2.56.